The molecule has 1 heterocycles. The molecular formula is C11H17NO8S2. The molecule has 0 unspecified atom stereocenters. The monoisotopic (exact) mass is 355 g/mol. The maximum atomic E-state index is 11.6. The van der Waals surface area contributed by atoms with Gasteiger partial charge in [0.2, 0.25) is 6.21 Å². The summed E-state index contributed by atoms with van der Waals surface area (Å²) < 4.78 is 67.0. The Hall–Kier alpha value is -1.43. The Labute approximate surface area is 128 Å². The number of hydrogen-bond acceptors (Lipinski definition) is 6. The van der Waals surface area contributed by atoms with Crippen molar-refractivity contribution in [3.05, 3.63) is 17.0 Å². The van der Waals surface area contributed by atoms with Gasteiger partial charge >= 0.3 is 10.1 Å². The fourth-order valence-electron chi connectivity index (χ4n) is 1.70. The van der Waals surface area contributed by atoms with Gasteiger partial charge in [0.1, 0.15) is 0 Å². The maximum absolute atomic E-state index is 11.6. The Morgan fingerprint density at radius 1 is 1.18 bits per heavy atom. The number of furan rings is 1. The van der Waals surface area contributed by atoms with Gasteiger partial charge in [-0.3, -0.25) is 9.11 Å². The maximum Gasteiger partial charge on any atom is 0.329 e. The minimum Gasteiger partial charge on any atom is -0.624 e. The van der Waals surface area contributed by atoms with E-state index < -0.39 is 36.0 Å². The smallest absolute Gasteiger partial charge is 0.329 e. The molecule has 1 aromatic rings. The third-order valence-corrected chi connectivity index (χ3v) is 4.46. The third-order valence-electron chi connectivity index (χ3n) is 2.70. The summed E-state index contributed by atoms with van der Waals surface area (Å²) >= 11 is 0. The van der Waals surface area contributed by atoms with Gasteiger partial charge in [-0.2, -0.15) is 16.8 Å². The summed E-state index contributed by atoms with van der Waals surface area (Å²) in [6.07, 6.45) is 4.25. The molecule has 11 heteroatoms. The van der Waals surface area contributed by atoms with Crippen LogP contribution in [-0.2, 0) is 20.2 Å². The number of hydroxylamine groups is 1. The summed E-state index contributed by atoms with van der Waals surface area (Å²) in [6, 6.07) is 0.648. The van der Waals surface area contributed by atoms with Crippen molar-refractivity contribution in [2.45, 2.75) is 42.6 Å². The van der Waals surface area contributed by atoms with Gasteiger partial charge < -0.3 is 9.62 Å². The van der Waals surface area contributed by atoms with E-state index in [0.717, 1.165) is 25.5 Å². The summed E-state index contributed by atoms with van der Waals surface area (Å²) in [5.41, 5.74) is 0. The lowest BCUT2D eigenvalue weighted by atomic mass is 10.2. The van der Waals surface area contributed by atoms with E-state index in [1.165, 1.54) is 0 Å². The molecule has 0 saturated carbocycles. The molecule has 1 rings (SSSR count). The van der Waals surface area contributed by atoms with Crippen LogP contribution >= 0.6 is 0 Å². The van der Waals surface area contributed by atoms with Crippen molar-refractivity contribution in [3.63, 3.8) is 0 Å². The van der Waals surface area contributed by atoms with Gasteiger partial charge in [0.25, 0.3) is 15.2 Å². The van der Waals surface area contributed by atoms with Crippen LogP contribution in [-0.4, -0.2) is 43.4 Å². The van der Waals surface area contributed by atoms with Crippen molar-refractivity contribution in [2.24, 2.45) is 0 Å². The first-order chi connectivity index (χ1) is 10.1. The predicted octanol–water partition coefficient (Wildman–Crippen LogP) is 1.28. The molecule has 0 atom stereocenters. The fourth-order valence-corrected chi connectivity index (χ4v) is 3.36. The zero-order chi connectivity index (χ0) is 17.0. The van der Waals surface area contributed by atoms with E-state index in [4.69, 9.17) is 9.11 Å². The van der Waals surface area contributed by atoms with Gasteiger partial charge in [-0.1, -0.05) is 19.8 Å². The quantitative estimate of drug-likeness (QED) is 0.177. The Morgan fingerprint density at radius 3 is 2.27 bits per heavy atom. The highest BCUT2D eigenvalue weighted by Gasteiger charge is 2.30. The highest BCUT2D eigenvalue weighted by atomic mass is 32.2. The molecule has 0 bridgehead atoms. The normalized spacial score (nSPS) is 13.5. The largest absolute Gasteiger partial charge is 0.624 e. The molecule has 2 N–H and O–H groups in total. The molecule has 0 aliphatic heterocycles. The molecule has 9 nitrogen and oxygen atoms in total. The minimum absolute atomic E-state index is 0.114. The van der Waals surface area contributed by atoms with Crippen molar-refractivity contribution in [1.82, 2.24) is 0 Å². The van der Waals surface area contributed by atoms with Gasteiger partial charge in [-0.15, -0.1) is 0 Å². The van der Waals surface area contributed by atoms with Crippen molar-refractivity contribution in [1.29, 1.82) is 0 Å². The summed E-state index contributed by atoms with van der Waals surface area (Å²) in [5.74, 6) is -0.411. The van der Waals surface area contributed by atoms with E-state index in [1.54, 1.807) is 0 Å². The van der Waals surface area contributed by atoms with E-state index in [0.29, 0.717) is 17.2 Å². The van der Waals surface area contributed by atoms with Crippen LogP contribution in [0.4, 0.5) is 0 Å². The zero-order valence-corrected chi connectivity index (χ0v) is 13.4. The van der Waals surface area contributed by atoms with Gasteiger partial charge in [-0.05, 0) is 6.42 Å². The second-order valence-corrected chi connectivity index (χ2v) is 7.29. The Morgan fingerprint density at radius 2 is 1.82 bits per heavy atom. The molecule has 0 saturated heterocycles. The Kier molecular flexibility index (Phi) is 6.11. The van der Waals surface area contributed by atoms with E-state index in [2.05, 4.69) is 4.42 Å². The standard InChI is InChI=1S/C11H17NO8S2/c1-2-3-4-5-6-12(13)8-9-7-10(21(14,15)16)11(20-9)22(17,18)19/h7-8H,2-6H2,1H3,(H,14,15,16)(H,17,18,19). The summed E-state index contributed by atoms with van der Waals surface area (Å²) in [6.45, 7) is 2.13. The lowest BCUT2D eigenvalue weighted by Gasteiger charge is -2.02. The van der Waals surface area contributed by atoms with Crippen molar-refractivity contribution in [3.8, 4) is 0 Å². The first-order valence-corrected chi connectivity index (χ1v) is 9.31. The molecule has 0 aromatic carbocycles. The molecule has 22 heavy (non-hydrogen) atoms. The van der Waals surface area contributed by atoms with Gasteiger partial charge in [0, 0.05) is 12.5 Å². The average Bonchev–Trinajstić information content (AvgIpc) is 2.78. The van der Waals surface area contributed by atoms with Crippen LogP contribution in [0.5, 0.6) is 0 Å². The van der Waals surface area contributed by atoms with Crippen LogP contribution in [0.1, 0.15) is 38.4 Å². The van der Waals surface area contributed by atoms with Gasteiger partial charge in [0.05, 0.1) is 0 Å². The molecule has 0 spiro atoms. The van der Waals surface area contributed by atoms with Crippen molar-refractivity contribution in [2.75, 3.05) is 6.54 Å². The van der Waals surface area contributed by atoms with Crippen LogP contribution in [0, 0.1) is 5.21 Å². The second kappa shape index (κ2) is 7.22. The lowest BCUT2D eigenvalue weighted by molar-refractivity contribution is -0.453. The molecule has 126 valence electrons. The van der Waals surface area contributed by atoms with Crippen LogP contribution in [0.15, 0.2) is 20.5 Å². The Bertz CT molecular complexity index is 696. The predicted molar refractivity (Wildman–Crippen MR) is 76.1 cm³/mol. The number of nitrogens with zero attached hydrogens (tertiary/aromatic N) is 1. The van der Waals surface area contributed by atoms with Gasteiger partial charge in [-0.25, -0.2) is 4.74 Å². The summed E-state index contributed by atoms with van der Waals surface area (Å²) in [7, 11) is -9.93. The average molecular weight is 355 g/mol. The third kappa shape index (κ3) is 5.40. The first kappa shape index (κ1) is 18.6. The summed E-state index contributed by atoms with van der Waals surface area (Å²) in [5, 5.41) is 10.2. The molecular weight excluding hydrogens is 338 g/mol. The molecule has 0 amide bonds. The van der Waals surface area contributed by atoms with E-state index in [9.17, 15) is 22.0 Å². The number of unbranched alkanes of at least 4 members (excludes halogenated alkanes) is 3. The first-order valence-electron chi connectivity index (χ1n) is 6.43. The highest BCUT2D eigenvalue weighted by Crippen LogP contribution is 2.24. The lowest BCUT2D eigenvalue weighted by Crippen LogP contribution is -2.07. The van der Waals surface area contributed by atoms with Crippen molar-refractivity contribution >= 4 is 26.5 Å². The second-order valence-electron chi connectivity index (χ2n) is 4.58. The molecule has 0 aliphatic rings. The highest BCUT2D eigenvalue weighted by molar-refractivity contribution is 7.88. The number of rotatable bonds is 8. The van der Waals surface area contributed by atoms with Crippen molar-refractivity contribution < 1.29 is 35.1 Å². The van der Waals surface area contributed by atoms with Crippen LogP contribution in [0.25, 0.3) is 0 Å². The minimum atomic E-state index is -5.00. The Balaban J connectivity index is 3.05. The van der Waals surface area contributed by atoms with Gasteiger partial charge in [0.15, 0.2) is 17.2 Å². The fraction of sp³-hybridized carbons (Fsp3) is 0.545. The van der Waals surface area contributed by atoms with E-state index in [-0.39, 0.29) is 6.54 Å². The van der Waals surface area contributed by atoms with Crippen LogP contribution in [0.2, 0.25) is 0 Å². The molecule has 1 aromatic heterocycles. The molecule has 0 aliphatic carbocycles. The summed E-state index contributed by atoms with van der Waals surface area (Å²) in [4.78, 5) is -1.12. The number of hydrogen-bond donors (Lipinski definition) is 2. The van der Waals surface area contributed by atoms with Crippen LogP contribution in [0.3, 0.4) is 0 Å². The van der Waals surface area contributed by atoms with E-state index >= 15 is 0 Å². The zero-order valence-electron chi connectivity index (χ0n) is 11.8. The van der Waals surface area contributed by atoms with Crippen LogP contribution < -0.4 is 0 Å². The molecule has 0 radical (unpaired) electrons. The van der Waals surface area contributed by atoms with E-state index in [1.807, 2.05) is 6.92 Å². The SMILES string of the molecule is CCCCCC[N+]([O-])=Cc1cc(S(=O)(=O)O)c(S(=O)(=O)O)o1. The topological polar surface area (TPSA) is 148 Å². The molecule has 0 fully saturated rings.